The van der Waals surface area contributed by atoms with Gasteiger partial charge in [0, 0.05) is 6.20 Å². The number of aryl methyl sites for hydroxylation is 1. The summed E-state index contributed by atoms with van der Waals surface area (Å²) < 4.78 is 1.89. The zero-order valence-corrected chi connectivity index (χ0v) is 9.33. The van der Waals surface area contributed by atoms with E-state index < -0.39 is 0 Å². The molecular formula is C12H11N5. The maximum absolute atomic E-state index is 5.67. The third kappa shape index (κ3) is 1.52. The van der Waals surface area contributed by atoms with Crippen molar-refractivity contribution in [2.75, 3.05) is 5.73 Å². The second kappa shape index (κ2) is 3.55. The summed E-state index contributed by atoms with van der Waals surface area (Å²) >= 11 is 0. The zero-order valence-electron chi connectivity index (χ0n) is 9.33. The minimum atomic E-state index is 0.451. The lowest BCUT2D eigenvalue weighted by molar-refractivity contribution is 0.907. The Kier molecular flexibility index (Phi) is 2.04. The summed E-state index contributed by atoms with van der Waals surface area (Å²) in [5, 5.41) is 0. The topological polar surface area (TPSA) is 69.6 Å². The second-order valence-electron chi connectivity index (χ2n) is 3.76. The molecule has 5 heteroatoms. The van der Waals surface area contributed by atoms with Gasteiger partial charge < -0.3 is 5.73 Å². The number of nitrogens with zero attached hydrogens (tertiary/aromatic N) is 4. The number of fused-ring (bicyclic) bond motifs is 1. The van der Waals surface area contributed by atoms with Crippen molar-refractivity contribution in [2.24, 2.45) is 0 Å². The smallest absolute Gasteiger partial charge is 0.237 e. The fourth-order valence-electron chi connectivity index (χ4n) is 1.87. The van der Waals surface area contributed by atoms with Crippen molar-refractivity contribution in [1.82, 2.24) is 19.5 Å². The molecule has 2 aromatic heterocycles. The maximum Gasteiger partial charge on any atom is 0.237 e. The number of aromatic nitrogens is 4. The van der Waals surface area contributed by atoms with Crippen LogP contribution < -0.4 is 5.73 Å². The molecular weight excluding hydrogens is 214 g/mol. The molecule has 0 atom stereocenters. The van der Waals surface area contributed by atoms with Gasteiger partial charge in [0.05, 0.1) is 11.0 Å². The molecule has 0 aliphatic heterocycles. The lowest BCUT2D eigenvalue weighted by Crippen LogP contribution is -2.04. The van der Waals surface area contributed by atoms with Crippen molar-refractivity contribution in [1.29, 1.82) is 0 Å². The van der Waals surface area contributed by atoms with E-state index in [4.69, 9.17) is 5.73 Å². The van der Waals surface area contributed by atoms with Gasteiger partial charge in [0.15, 0.2) is 0 Å². The van der Waals surface area contributed by atoms with Crippen LogP contribution in [0.4, 0.5) is 5.82 Å². The van der Waals surface area contributed by atoms with E-state index in [2.05, 4.69) is 15.0 Å². The average Bonchev–Trinajstić information content (AvgIpc) is 2.64. The molecule has 0 spiro atoms. The second-order valence-corrected chi connectivity index (χ2v) is 3.76. The predicted octanol–water partition coefficient (Wildman–Crippen LogP) is 1.71. The quantitative estimate of drug-likeness (QED) is 0.684. The molecule has 3 rings (SSSR count). The average molecular weight is 225 g/mol. The molecule has 0 bridgehead atoms. The lowest BCUT2D eigenvalue weighted by Gasteiger charge is -2.04. The Hall–Kier alpha value is -2.43. The van der Waals surface area contributed by atoms with E-state index in [0.717, 1.165) is 16.9 Å². The first-order chi connectivity index (χ1) is 8.25. The van der Waals surface area contributed by atoms with Crippen molar-refractivity contribution in [3.63, 3.8) is 0 Å². The van der Waals surface area contributed by atoms with Crippen LogP contribution in [-0.4, -0.2) is 19.5 Å². The van der Waals surface area contributed by atoms with Crippen LogP contribution in [0.25, 0.3) is 17.0 Å². The summed E-state index contributed by atoms with van der Waals surface area (Å²) in [7, 11) is 0. The number of hydrogen-bond donors (Lipinski definition) is 1. The van der Waals surface area contributed by atoms with Gasteiger partial charge in [-0.1, -0.05) is 12.1 Å². The SMILES string of the molecule is Cc1nc2ccccc2n1-c1nccc(N)n1. The van der Waals surface area contributed by atoms with Gasteiger partial charge in [0.25, 0.3) is 0 Å². The molecule has 5 nitrogen and oxygen atoms in total. The van der Waals surface area contributed by atoms with Gasteiger partial charge in [-0.3, -0.25) is 4.57 Å². The molecule has 0 fully saturated rings. The third-order valence-corrected chi connectivity index (χ3v) is 2.59. The molecule has 0 unspecified atom stereocenters. The Morgan fingerprint density at radius 1 is 1.12 bits per heavy atom. The van der Waals surface area contributed by atoms with Crippen LogP contribution in [0.15, 0.2) is 36.5 Å². The summed E-state index contributed by atoms with van der Waals surface area (Å²) in [5.41, 5.74) is 7.58. The van der Waals surface area contributed by atoms with Gasteiger partial charge in [-0.15, -0.1) is 0 Å². The van der Waals surface area contributed by atoms with E-state index in [-0.39, 0.29) is 0 Å². The minimum Gasteiger partial charge on any atom is -0.384 e. The molecule has 3 aromatic rings. The van der Waals surface area contributed by atoms with Crippen LogP contribution in [0.3, 0.4) is 0 Å². The number of hydrogen-bond acceptors (Lipinski definition) is 4. The van der Waals surface area contributed by atoms with E-state index in [0.29, 0.717) is 11.8 Å². The Bertz CT molecular complexity index is 686. The largest absolute Gasteiger partial charge is 0.384 e. The summed E-state index contributed by atoms with van der Waals surface area (Å²) in [4.78, 5) is 12.9. The number of nitrogen functional groups attached to an aromatic ring is 1. The number of imidazole rings is 1. The standard InChI is InChI=1S/C12H11N5/c1-8-15-9-4-2-3-5-10(9)17(8)12-14-7-6-11(13)16-12/h2-7H,1H3,(H2,13,14,16). The molecule has 0 amide bonds. The van der Waals surface area contributed by atoms with Crippen LogP contribution in [-0.2, 0) is 0 Å². The fourth-order valence-corrected chi connectivity index (χ4v) is 1.87. The van der Waals surface area contributed by atoms with Gasteiger partial charge in [-0.2, -0.15) is 4.98 Å². The number of rotatable bonds is 1. The summed E-state index contributed by atoms with van der Waals surface area (Å²) in [6, 6.07) is 9.54. The Morgan fingerprint density at radius 2 is 1.94 bits per heavy atom. The normalized spacial score (nSPS) is 10.9. The maximum atomic E-state index is 5.67. The predicted molar refractivity (Wildman–Crippen MR) is 65.8 cm³/mol. The van der Waals surface area contributed by atoms with E-state index in [1.54, 1.807) is 12.3 Å². The van der Waals surface area contributed by atoms with Crippen molar-refractivity contribution in [3.05, 3.63) is 42.4 Å². The first kappa shape index (κ1) is 9.77. The van der Waals surface area contributed by atoms with E-state index in [1.165, 1.54) is 0 Å². The number of para-hydroxylation sites is 2. The monoisotopic (exact) mass is 225 g/mol. The molecule has 0 aliphatic carbocycles. The van der Waals surface area contributed by atoms with Crippen molar-refractivity contribution in [3.8, 4) is 5.95 Å². The van der Waals surface area contributed by atoms with Crippen molar-refractivity contribution in [2.45, 2.75) is 6.92 Å². The summed E-state index contributed by atoms with van der Waals surface area (Å²) in [6.07, 6.45) is 1.64. The number of anilines is 1. The highest BCUT2D eigenvalue weighted by Crippen LogP contribution is 2.18. The summed E-state index contributed by atoms with van der Waals surface area (Å²) in [6.45, 7) is 1.92. The highest BCUT2D eigenvalue weighted by atomic mass is 15.2. The van der Waals surface area contributed by atoms with Crippen LogP contribution >= 0.6 is 0 Å². The van der Waals surface area contributed by atoms with Crippen LogP contribution in [0, 0.1) is 6.92 Å². The van der Waals surface area contributed by atoms with E-state index in [9.17, 15) is 0 Å². The molecule has 2 heterocycles. The van der Waals surface area contributed by atoms with Crippen LogP contribution in [0.1, 0.15) is 5.82 Å². The van der Waals surface area contributed by atoms with Gasteiger partial charge in [0.2, 0.25) is 5.95 Å². The molecule has 0 saturated carbocycles. The number of nitrogens with two attached hydrogens (primary N) is 1. The highest BCUT2D eigenvalue weighted by Gasteiger charge is 2.10. The zero-order chi connectivity index (χ0) is 11.8. The fraction of sp³-hybridized carbons (Fsp3) is 0.0833. The van der Waals surface area contributed by atoms with Crippen LogP contribution in [0.5, 0.6) is 0 Å². The summed E-state index contributed by atoms with van der Waals surface area (Å²) in [5.74, 6) is 1.85. The van der Waals surface area contributed by atoms with Crippen LogP contribution in [0.2, 0.25) is 0 Å². The molecule has 1 aromatic carbocycles. The van der Waals surface area contributed by atoms with Crippen molar-refractivity contribution >= 4 is 16.9 Å². The molecule has 0 radical (unpaired) electrons. The Morgan fingerprint density at radius 3 is 2.76 bits per heavy atom. The van der Waals surface area contributed by atoms with Gasteiger partial charge in [-0.05, 0) is 25.1 Å². The van der Waals surface area contributed by atoms with Crippen molar-refractivity contribution < 1.29 is 0 Å². The van der Waals surface area contributed by atoms with Gasteiger partial charge in [0.1, 0.15) is 11.6 Å². The molecule has 0 aliphatic rings. The first-order valence-corrected chi connectivity index (χ1v) is 5.29. The minimum absolute atomic E-state index is 0.451. The Balaban J connectivity index is 2.33. The van der Waals surface area contributed by atoms with Gasteiger partial charge >= 0.3 is 0 Å². The molecule has 0 saturated heterocycles. The van der Waals surface area contributed by atoms with E-state index >= 15 is 0 Å². The molecule has 84 valence electrons. The molecule has 2 N–H and O–H groups in total. The highest BCUT2D eigenvalue weighted by molar-refractivity contribution is 5.77. The first-order valence-electron chi connectivity index (χ1n) is 5.29. The molecule has 17 heavy (non-hydrogen) atoms. The third-order valence-electron chi connectivity index (χ3n) is 2.59. The Labute approximate surface area is 98.0 Å². The number of benzene rings is 1. The van der Waals surface area contributed by atoms with E-state index in [1.807, 2.05) is 35.8 Å². The lowest BCUT2D eigenvalue weighted by atomic mass is 10.3. The van der Waals surface area contributed by atoms with Gasteiger partial charge in [-0.25, -0.2) is 9.97 Å².